The Bertz CT molecular complexity index is 533. The molecule has 20 heavy (non-hydrogen) atoms. The van der Waals surface area contributed by atoms with Crippen LogP contribution < -0.4 is 5.32 Å². The minimum Gasteiger partial charge on any atom is -0.453 e. The van der Waals surface area contributed by atoms with Crippen molar-refractivity contribution in [2.45, 2.75) is 25.8 Å². The molecule has 0 aromatic heterocycles. The number of aryl methyl sites for hydroxylation is 1. The topological polar surface area (TPSA) is 58.6 Å². The van der Waals surface area contributed by atoms with Crippen LogP contribution in [0.2, 0.25) is 5.02 Å². The van der Waals surface area contributed by atoms with Crippen LogP contribution in [0, 0.1) is 6.92 Å². The van der Waals surface area contributed by atoms with Gasteiger partial charge in [0.1, 0.15) is 6.04 Å². The van der Waals surface area contributed by atoms with Crippen molar-refractivity contribution in [1.29, 1.82) is 0 Å². The normalized spacial score (nSPS) is 17.9. The van der Waals surface area contributed by atoms with E-state index >= 15 is 0 Å². The molecule has 2 rings (SSSR count). The minimum atomic E-state index is -0.485. The Morgan fingerprint density at radius 2 is 2.20 bits per heavy atom. The molecule has 1 heterocycles. The Hall–Kier alpha value is -1.75. The number of amides is 2. The molecule has 1 aromatic rings. The average molecular weight is 297 g/mol. The van der Waals surface area contributed by atoms with E-state index in [0.717, 1.165) is 12.0 Å². The summed E-state index contributed by atoms with van der Waals surface area (Å²) in [7, 11) is 1.32. The Morgan fingerprint density at radius 1 is 1.45 bits per heavy atom. The van der Waals surface area contributed by atoms with Crippen molar-refractivity contribution in [1.82, 2.24) is 4.90 Å². The molecule has 0 saturated carbocycles. The van der Waals surface area contributed by atoms with Crippen LogP contribution in [0.25, 0.3) is 0 Å². The third-order valence-electron chi connectivity index (χ3n) is 3.42. The number of rotatable bonds is 2. The molecule has 1 atom stereocenters. The zero-order chi connectivity index (χ0) is 14.7. The summed E-state index contributed by atoms with van der Waals surface area (Å²) >= 11 is 5.93. The van der Waals surface area contributed by atoms with Gasteiger partial charge in [0.25, 0.3) is 0 Å². The maximum Gasteiger partial charge on any atom is 0.410 e. The molecule has 0 aliphatic carbocycles. The van der Waals surface area contributed by atoms with Crippen molar-refractivity contribution < 1.29 is 14.3 Å². The van der Waals surface area contributed by atoms with Crippen molar-refractivity contribution in [3.05, 3.63) is 28.8 Å². The second-order valence-corrected chi connectivity index (χ2v) is 5.21. The first-order chi connectivity index (χ1) is 9.52. The molecule has 1 saturated heterocycles. The first kappa shape index (κ1) is 14.7. The van der Waals surface area contributed by atoms with Crippen molar-refractivity contribution in [3.63, 3.8) is 0 Å². The zero-order valence-electron chi connectivity index (χ0n) is 11.5. The van der Waals surface area contributed by atoms with Crippen LogP contribution >= 0.6 is 11.6 Å². The third-order valence-corrected chi connectivity index (χ3v) is 3.66. The molecule has 1 aliphatic rings. The lowest BCUT2D eigenvalue weighted by Gasteiger charge is -2.22. The number of halogens is 1. The number of methoxy groups -OCH3 is 1. The molecule has 108 valence electrons. The van der Waals surface area contributed by atoms with E-state index in [1.54, 1.807) is 12.1 Å². The number of anilines is 1. The minimum absolute atomic E-state index is 0.210. The molecule has 1 unspecified atom stereocenters. The quantitative estimate of drug-likeness (QED) is 0.913. The molecule has 0 spiro atoms. The summed E-state index contributed by atoms with van der Waals surface area (Å²) in [6.45, 7) is 2.43. The number of nitrogens with zero attached hydrogens (tertiary/aromatic N) is 1. The van der Waals surface area contributed by atoms with Gasteiger partial charge in [-0.25, -0.2) is 4.79 Å². The molecular formula is C14H17ClN2O3. The lowest BCUT2D eigenvalue weighted by molar-refractivity contribution is -0.119. The van der Waals surface area contributed by atoms with Crippen LogP contribution in [0.15, 0.2) is 18.2 Å². The number of benzene rings is 1. The largest absolute Gasteiger partial charge is 0.453 e. The van der Waals surface area contributed by atoms with E-state index in [0.29, 0.717) is 23.7 Å². The summed E-state index contributed by atoms with van der Waals surface area (Å²) < 4.78 is 4.69. The number of ether oxygens (including phenoxy) is 1. The van der Waals surface area contributed by atoms with Gasteiger partial charge >= 0.3 is 6.09 Å². The van der Waals surface area contributed by atoms with Gasteiger partial charge in [0.2, 0.25) is 5.91 Å². The summed E-state index contributed by atoms with van der Waals surface area (Å²) in [6.07, 6.45) is 0.966. The molecule has 1 aromatic carbocycles. The van der Waals surface area contributed by atoms with Crippen LogP contribution in [0.3, 0.4) is 0 Å². The van der Waals surface area contributed by atoms with Gasteiger partial charge in [-0.1, -0.05) is 17.7 Å². The number of carbonyl (C=O) groups excluding carboxylic acids is 2. The average Bonchev–Trinajstić information content (AvgIpc) is 2.91. The molecule has 1 fully saturated rings. The molecule has 1 N–H and O–H groups in total. The highest BCUT2D eigenvalue weighted by atomic mass is 35.5. The van der Waals surface area contributed by atoms with E-state index < -0.39 is 12.1 Å². The van der Waals surface area contributed by atoms with Crippen molar-refractivity contribution >= 4 is 29.3 Å². The number of carbonyl (C=O) groups is 2. The Balaban J connectivity index is 2.11. The standard InChI is InChI=1S/C14H17ClN2O3/c1-9-5-6-10(15)8-11(9)16-13(18)12-4-3-7-17(12)14(19)20-2/h5-6,8,12H,3-4,7H2,1-2H3,(H,16,18). The van der Waals surface area contributed by atoms with Gasteiger partial charge in [0.05, 0.1) is 7.11 Å². The van der Waals surface area contributed by atoms with E-state index in [9.17, 15) is 9.59 Å². The zero-order valence-corrected chi connectivity index (χ0v) is 12.2. The smallest absolute Gasteiger partial charge is 0.410 e. The maximum absolute atomic E-state index is 12.3. The predicted molar refractivity (Wildman–Crippen MR) is 77.0 cm³/mol. The summed E-state index contributed by atoms with van der Waals surface area (Å²) in [6, 6.07) is 4.82. The van der Waals surface area contributed by atoms with E-state index in [1.807, 2.05) is 13.0 Å². The van der Waals surface area contributed by atoms with E-state index in [1.165, 1.54) is 12.0 Å². The monoisotopic (exact) mass is 296 g/mol. The summed E-state index contributed by atoms with van der Waals surface area (Å²) in [5.41, 5.74) is 1.59. The first-order valence-corrected chi connectivity index (χ1v) is 6.82. The Labute approximate surface area is 122 Å². The summed E-state index contributed by atoms with van der Waals surface area (Å²) in [4.78, 5) is 25.4. The number of hydrogen-bond donors (Lipinski definition) is 1. The van der Waals surface area contributed by atoms with Gasteiger partial charge in [0, 0.05) is 17.3 Å². The summed E-state index contributed by atoms with van der Waals surface area (Å²) in [5.74, 6) is -0.210. The van der Waals surface area contributed by atoms with Crippen molar-refractivity contribution in [2.75, 3.05) is 19.0 Å². The van der Waals surface area contributed by atoms with Crippen LogP contribution in [0.1, 0.15) is 18.4 Å². The molecular weight excluding hydrogens is 280 g/mol. The maximum atomic E-state index is 12.3. The molecule has 0 radical (unpaired) electrons. The SMILES string of the molecule is COC(=O)N1CCCC1C(=O)Nc1cc(Cl)ccc1C. The highest BCUT2D eigenvalue weighted by molar-refractivity contribution is 6.31. The van der Waals surface area contributed by atoms with E-state index in [2.05, 4.69) is 5.32 Å². The second kappa shape index (κ2) is 6.13. The van der Waals surface area contributed by atoms with E-state index in [-0.39, 0.29) is 5.91 Å². The van der Waals surface area contributed by atoms with Crippen LogP contribution in [0.4, 0.5) is 10.5 Å². The van der Waals surface area contributed by atoms with Gasteiger partial charge in [-0.2, -0.15) is 0 Å². The molecule has 6 heteroatoms. The third kappa shape index (κ3) is 3.04. The van der Waals surface area contributed by atoms with Crippen molar-refractivity contribution in [2.24, 2.45) is 0 Å². The first-order valence-electron chi connectivity index (χ1n) is 6.44. The lowest BCUT2D eigenvalue weighted by Crippen LogP contribution is -2.43. The van der Waals surface area contributed by atoms with Gasteiger partial charge in [-0.15, -0.1) is 0 Å². The Morgan fingerprint density at radius 3 is 2.90 bits per heavy atom. The fourth-order valence-electron chi connectivity index (χ4n) is 2.32. The molecule has 0 bridgehead atoms. The van der Waals surface area contributed by atoms with Crippen molar-refractivity contribution in [3.8, 4) is 0 Å². The van der Waals surface area contributed by atoms with Gasteiger partial charge in [-0.3, -0.25) is 9.69 Å². The van der Waals surface area contributed by atoms with Crippen LogP contribution in [-0.4, -0.2) is 36.6 Å². The number of nitrogens with one attached hydrogen (secondary N) is 1. The lowest BCUT2D eigenvalue weighted by atomic mass is 10.1. The number of hydrogen-bond acceptors (Lipinski definition) is 3. The molecule has 5 nitrogen and oxygen atoms in total. The highest BCUT2D eigenvalue weighted by Gasteiger charge is 2.34. The Kier molecular flexibility index (Phi) is 4.49. The fraction of sp³-hybridized carbons (Fsp3) is 0.429. The molecule has 2 amide bonds. The fourth-order valence-corrected chi connectivity index (χ4v) is 2.49. The highest BCUT2D eigenvalue weighted by Crippen LogP contribution is 2.23. The molecule has 1 aliphatic heterocycles. The van der Waals surface area contributed by atoms with E-state index in [4.69, 9.17) is 16.3 Å². The predicted octanol–water partition coefficient (Wildman–Crippen LogP) is 2.82. The number of likely N-dealkylation sites (tertiary alicyclic amines) is 1. The second-order valence-electron chi connectivity index (χ2n) is 4.77. The van der Waals surface area contributed by atoms with Gasteiger partial charge < -0.3 is 10.1 Å². The van der Waals surface area contributed by atoms with Gasteiger partial charge in [-0.05, 0) is 37.5 Å². The van der Waals surface area contributed by atoms with Crippen LogP contribution in [0.5, 0.6) is 0 Å². The van der Waals surface area contributed by atoms with Gasteiger partial charge in [0.15, 0.2) is 0 Å². The van der Waals surface area contributed by atoms with Crippen LogP contribution in [-0.2, 0) is 9.53 Å². The summed E-state index contributed by atoms with van der Waals surface area (Å²) in [5, 5.41) is 3.39.